The molecule has 0 saturated carbocycles. The van der Waals surface area contributed by atoms with E-state index in [1.165, 1.54) is 6.42 Å². The summed E-state index contributed by atoms with van der Waals surface area (Å²) in [7, 11) is 0. The summed E-state index contributed by atoms with van der Waals surface area (Å²) in [6.07, 6.45) is 3.32. The lowest BCUT2D eigenvalue weighted by molar-refractivity contribution is -0.134. The van der Waals surface area contributed by atoms with Gasteiger partial charge in [0.2, 0.25) is 0 Å². The molecule has 1 aromatic carbocycles. The number of aliphatic hydroxyl groups excluding tert-OH is 1. The molecule has 0 aliphatic carbocycles. The Bertz CT molecular complexity index is 444. The predicted molar refractivity (Wildman–Crippen MR) is 73.3 cm³/mol. The van der Waals surface area contributed by atoms with Gasteiger partial charge in [0.1, 0.15) is 5.75 Å². The summed E-state index contributed by atoms with van der Waals surface area (Å²) in [6.45, 7) is 1.48. The van der Waals surface area contributed by atoms with E-state index >= 15 is 0 Å². The van der Waals surface area contributed by atoms with Crippen LogP contribution in [-0.4, -0.2) is 35.6 Å². The number of hydrogen-bond acceptors (Lipinski definition) is 3. The SMILES string of the molecule is O=C(COc1ccc(Cl)cc1CO)N1CCCCC1. The van der Waals surface area contributed by atoms with E-state index in [0.717, 1.165) is 25.9 Å². The largest absolute Gasteiger partial charge is 0.483 e. The first-order valence-electron chi connectivity index (χ1n) is 6.50. The number of carbonyl (C=O) groups is 1. The molecule has 1 aromatic rings. The number of benzene rings is 1. The van der Waals surface area contributed by atoms with Gasteiger partial charge in [-0.1, -0.05) is 11.6 Å². The lowest BCUT2D eigenvalue weighted by atomic mass is 10.1. The Morgan fingerprint density at radius 2 is 2.05 bits per heavy atom. The molecule has 1 fully saturated rings. The van der Waals surface area contributed by atoms with Crippen LogP contribution in [0, 0.1) is 0 Å². The summed E-state index contributed by atoms with van der Waals surface area (Å²) in [4.78, 5) is 13.8. The molecule has 0 atom stereocenters. The molecule has 0 aromatic heterocycles. The first-order valence-corrected chi connectivity index (χ1v) is 6.88. The van der Waals surface area contributed by atoms with Crippen molar-refractivity contribution in [2.24, 2.45) is 0 Å². The minimum atomic E-state index is -0.159. The summed E-state index contributed by atoms with van der Waals surface area (Å²) in [5.74, 6) is 0.510. The zero-order valence-corrected chi connectivity index (χ0v) is 11.5. The molecule has 2 rings (SSSR count). The second kappa shape index (κ2) is 6.78. The van der Waals surface area contributed by atoms with Crippen molar-refractivity contribution in [2.45, 2.75) is 25.9 Å². The summed E-state index contributed by atoms with van der Waals surface area (Å²) >= 11 is 5.84. The highest BCUT2D eigenvalue weighted by atomic mass is 35.5. The average Bonchev–Trinajstić information content (AvgIpc) is 2.46. The maximum Gasteiger partial charge on any atom is 0.260 e. The topological polar surface area (TPSA) is 49.8 Å². The molecule has 1 N–H and O–H groups in total. The van der Waals surface area contributed by atoms with Gasteiger partial charge in [-0.2, -0.15) is 0 Å². The van der Waals surface area contributed by atoms with Crippen LogP contribution in [-0.2, 0) is 11.4 Å². The van der Waals surface area contributed by atoms with Gasteiger partial charge in [-0.3, -0.25) is 4.79 Å². The fourth-order valence-corrected chi connectivity index (χ4v) is 2.38. The molecule has 104 valence electrons. The second-order valence-corrected chi connectivity index (χ2v) is 5.08. The molecule has 0 radical (unpaired) electrons. The van der Waals surface area contributed by atoms with E-state index in [1.54, 1.807) is 18.2 Å². The van der Waals surface area contributed by atoms with Crippen molar-refractivity contribution < 1.29 is 14.6 Å². The van der Waals surface area contributed by atoms with Gasteiger partial charge in [0.05, 0.1) is 6.61 Å². The summed E-state index contributed by atoms with van der Waals surface area (Å²) < 4.78 is 5.49. The molecule has 1 heterocycles. The zero-order chi connectivity index (χ0) is 13.7. The first-order chi connectivity index (χ1) is 9.20. The molecule has 19 heavy (non-hydrogen) atoms. The Kier molecular flexibility index (Phi) is 5.05. The monoisotopic (exact) mass is 283 g/mol. The molecule has 0 unspecified atom stereocenters. The van der Waals surface area contributed by atoms with Gasteiger partial charge >= 0.3 is 0 Å². The van der Waals surface area contributed by atoms with Crippen LogP contribution in [0.1, 0.15) is 24.8 Å². The van der Waals surface area contributed by atoms with Crippen molar-refractivity contribution >= 4 is 17.5 Å². The number of aliphatic hydroxyl groups is 1. The number of amides is 1. The molecule has 0 spiro atoms. The van der Waals surface area contributed by atoms with Gasteiger partial charge in [0.25, 0.3) is 5.91 Å². The number of hydrogen-bond donors (Lipinski definition) is 1. The highest BCUT2D eigenvalue weighted by molar-refractivity contribution is 6.30. The minimum Gasteiger partial charge on any atom is -0.483 e. The Hall–Kier alpha value is -1.26. The number of ether oxygens (including phenoxy) is 1. The molecule has 0 bridgehead atoms. The fraction of sp³-hybridized carbons (Fsp3) is 0.500. The van der Waals surface area contributed by atoms with E-state index in [-0.39, 0.29) is 19.1 Å². The van der Waals surface area contributed by atoms with Crippen molar-refractivity contribution in [2.75, 3.05) is 19.7 Å². The van der Waals surface area contributed by atoms with Gasteiger partial charge in [-0.15, -0.1) is 0 Å². The van der Waals surface area contributed by atoms with Crippen molar-refractivity contribution in [3.05, 3.63) is 28.8 Å². The van der Waals surface area contributed by atoms with Gasteiger partial charge < -0.3 is 14.7 Å². The number of halogens is 1. The van der Waals surface area contributed by atoms with E-state index in [1.807, 2.05) is 4.90 Å². The molecule has 1 amide bonds. The fourth-order valence-electron chi connectivity index (χ4n) is 2.19. The summed E-state index contributed by atoms with van der Waals surface area (Å²) in [5.41, 5.74) is 0.596. The van der Waals surface area contributed by atoms with Crippen LogP contribution in [0.5, 0.6) is 5.75 Å². The lowest BCUT2D eigenvalue weighted by Gasteiger charge is -2.26. The number of likely N-dealkylation sites (tertiary alicyclic amines) is 1. The standard InChI is InChI=1S/C14H18ClNO3/c15-12-4-5-13(11(8-12)9-17)19-10-14(18)16-6-2-1-3-7-16/h4-5,8,17H,1-3,6-7,9-10H2. The maximum absolute atomic E-state index is 12.0. The molecule has 1 aliphatic rings. The highest BCUT2D eigenvalue weighted by Gasteiger charge is 2.17. The van der Waals surface area contributed by atoms with Crippen molar-refractivity contribution in [3.63, 3.8) is 0 Å². The highest BCUT2D eigenvalue weighted by Crippen LogP contribution is 2.23. The third-order valence-corrected chi connectivity index (χ3v) is 3.49. The Balaban J connectivity index is 1.92. The van der Waals surface area contributed by atoms with E-state index in [0.29, 0.717) is 16.3 Å². The van der Waals surface area contributed by atoms with Gasteiger partial charge in [0.15, 0.2) is 6.61 Å². The predicted octanol–water partition coefficient (Wildman–Crippen LogP) is 2.22. The van der Waals surface area contributed by atoms with E-state index < -0.39 is 0 Å². The number of carbonyl (C=O) groups excluding carboxylic acids is 1. The summed E-state index contributed by atoms with van der Waals surface area (Å²) in [5, 5.41) is 9.76. The zero-order valence-electron chi connectivity index (χ0n) is 10.8. The third-order valence-electron chi connectivity index (χ3n) is 3.25. The van der Waals surface area contributed by atoms with Crippen LogP contribution in [0.3, 0.4) is 0 Å². The Morgan fingerprint density at radius 3 is 2.74 bits per heavy atom. The Morgan fingerprint density at radius 1 is 1.32 bits per heavy atom. The van der Waals surface area contributed by atoms with Crippen LogP contribution in [0.2, 0.25) is 5.02 Å². The average molecular weight is 284 g/mol. The third kappa shape index (κ3) is 3.85. The molecular formula is C14H18ClNO3. The van der Waals surface area contributed by atoms with Crippen LogP contribution < -0.4 is 4.74 Å². The van der Waals surface area contributed by atoms with E-state index in [9.17, 15) is 9.90 Å². The van der Waals surface area contributed by atoms with Crippen molar-refractivity contribution in [1.82, 2.24) is 4.90 Å². The van der Waals surface area contributed by atoms with Gasteiger partial charge in [-0.25, -0.2) is 0 Å². The van der Waals surface area contributed by atoms with Crippen LogP contribution >= 0.6 is 11.6 Å². The molecule has 1 saturated heterocycles. The van der Waals surface area contributed by atoms with Gasteiger partial charge in [-0.05, 0) is 37.5 Å². The quantitative estimate of drug-likeness (QED) is 0.922. The molecular weight excluding hydrogens is 266 g/mol. The van der Waals surface area contributed by atoms with Gasteiger partial charge in [0, 0.05) is 23.7 Å². The smallest absolute Gasteiger partial charge is 0.260 e. The lowest BCUT2D eigenvalue weighted by Crippen LogP contribution is -2.38. The van der Waals surface area contributed by atoms with Crippen molar-refractivity contribution in [1.29, 1.82) is 0 Å². The Labute approximate surface area is 117 Å². The van der Waals surface area contributed by atoms with Crippen molar-refractivity contribution in [3.8, 4) is 5.75 Å². The van der Waals surface area contributed by atoms with Crippen LogP contribution in [0.4, 0.5) is 0 Å². The van der Waals surface area contributed by atoms with Crippen LogP contribution in [0.25, 0.3) is 0 Å². The molecule has 5 heteroatoms. The first kappa shape index (κ1) is 14.2. The maximum atomic E-state index is 12.0. The second-order valence-electron chi connectivity index (χ2n) is 4.64. The number of nitrogens with zero attached hydrogens (tertiary/aromatic N) is 1. The van der Waals surface area contributed by atoms with E-state index in [4.69, 9.17) is 16.3 Å². The molecule has 1 aliphatic heterocycles. The number of piperidine rings is 1. The minimum absolute atomic E-state index is 0.00135. The molecule has 4 nitrogen and oxygen atoms in total. The normalized spacial score (nSPS) is 15.4. The van der Waals surface area contributed by atoms with Crippen LogP contribution in [0.15, 0.2) is 18.2 Å². The summed E-state index contributed by atoms with van der Waals surface area (Å²) in [6, 6.07) is 5.00. The van der Waals surface area contributed by atoms with E-state index in [2.05, 4.69) is 0 Å². The number of rotatable bonds is 4.